The Bertz CT molecular complexity index is 1090. The minimum atomic E-state index is 0.0179. The van der Waals surface area contributed by atoms with E-state index in [4.69, 9.17) is 4.99 Å². The fourth-order valence-electron chi connectivity index (χ4n) is 3.95. The summed E-state index contributed by atoms with van der Waals surface area (Å²) in [5, 5.41) is 9.02. The highest BCUT2D eigenvalue weighted by molar-refractivity contribution is 6.09. The molecule has 0 saturated heterocycles. The van der Waals surface area contributed by atoms with Crippen molar-refractivity contribution in [3.8, 4) is 0 Å². The molecule has 0 spiro atoms. The van der Waals surface area contributed by atoms with Crippen LogP contribution >= 0.6 is 0 Å². The first-order valence-electron chi connectivity index (χ1n) is 9.69. The van der Waals surface area contributed by atoms with Crippen molar-refractivity contribution in [3.05, 3.63) is 113 Å². The number of rotatable bonds is 4. The van der Waals surface area contributed by atoms with Crippen molar-refractivity contribution < 1.29 is 0 Å². The summed E-state index contributed by atoms with van der Waals surface area (Å²) >= 11 is 0. The number of nitrogens with zero attached hydrogens (tertiary/aromatic N) is 3. The van der Waals surface area contributed by atoms with Gasteiger partial charge < -0.3 is 0 Å². The topological polar surface area (TPSA) is 37.1 Å². The number of para-hydroxylation sites is 1. The van der Waals surface area contributed by atoms with Gasteiger partial charge >= 0.3 is 0 Å². The fraction of sp³-hybridized carbons (Fsp3) is 0.160. The van der Waals surface area contributed by atoms with Crippen LogP contribution in [0.5, 0.6) is 0 Å². The van der Waals surface area contributed by atoms with Gasteiger partial charge in [0.05, 0.1) is 17.1 Å². The lowest BCUT2D eigenvalue weighted by atomic mass is 9.88. The van der Waals surface area contributed by atoms with E-state index in [9.17, 15) is 0 Å². The summed E-state index contributed by atoms with van der Waals surface area (Å²) in [5.74, 6) is 0.209. The number of aryl methyl sites for hydroxylation is 1. The Hall–Kier alpha value is -3.33. The Morgan fingerprint density at radius 2 is 1.57 bits per heavy atom. The van der Waals surface area contributed by atoms with E-state index in [-0.39, 0.29) is 12.0 Å². The highest BCUT2D eigenvalue weighted by atomic mass is 15.2. The number of allylic oxidation sites excluding steroid dienone is 1. The number of aliphatic imine (C=N–C) groups is 1. The van der Waals surface area contributed by atoms with Crippen molar-refractivity contribution in [3.63, 3.8) is 0 Å². The zero-order valence-electron chi connectivity index (χ0n) is 15.8. The minimum absolute atomic E-state index is 0.0179. The first kappa shape index (κ1) is 16.8. The van der Waals surface area contributed by atoms with E-state index < -0.39 is 0 Å². The Labute approximate surface area is 165 Å². The van der Waals surface area contributed by atoms with Crippen LogP contribution in [0.2, 0.25) is 0 Å². The molecule has 2 unspecified atom stereocenters. The Morgan fingerprint density at radius 3 is 2.39 bits per heavy atom. The molecule has 2 atom stereocenters. The van der Waals surface area contributed by atoms with Crippen molar-refractivity contribution in [2.75, 3.05) is 0 Å². The van der Waals surface area contributed by atoms with Crippen molar-refractivity contribution >= 4 is 11.4 Å². The van der Waals surface area contributed by atoms with Gasteiger partial charge in [0, 0.05) is 12.3 Å². The maximum atomic E-state index is 4.95. The zero-order valence-corrected chi connectivity index (χ0v) is 15.8. The summed E-state index contributed by atoms with van der Waals surface area (Å²) in [6.07, 6.45) is 3.00. The van der Waals surface area contributed by atoms with E-state index in [0.717, 1.165) is 23.5 Å². The van der Waals surface area contributed by atoms with E-state index in [2.05, 4.69) is 96.0 Å². The van der Waals surface area contributed by atoms with Crippen LogP contribution in [-0.4, -0.2) is 5.71 Å². The summed E-state index contributed by atoms with van der Waals surface area (Å²) in [5.41, 5.74) is 8.12. The van der Waals surface area contributed by atoms with Crippen molar-refractivity contribution in [2.45, 2.75) is 25.3 Å². The molecule has 136 valence electrons. The summed E-state index contributed by atoms with van der Waals surface area (Å²) in [4.78, 5) is 4.95. The van der Waals surface area contributed by atoms with Gasteiger partial charge in [-0.1, -0.05) is 78.4 Å². The van der Waals surface area contributed by atoms with E-state index in [1.165, 1.54) is 22.3 Å². The van der Waals surface area contributed by atoms with Crippen molar-refractivity contribution in [2.24, 2.45) is 15.2 Å². The molecule has 28 heavy (non-hydrogen) atoms. The van der Waals surface area contributed by atoms with Crippen LogP contribution in [0.15, 0.2) is 106 Å². The molecule has 2 aliphatic rings. The van der Waals surface area contributed by atoms with Crippen molar-refractivity contribution in [1.82, 2.24) is 0 Å². The van der Waals surface area contributed by atoms with Crippen molar-refractivity contribution in [1.29, 1.82) is 0 Å². The molecule has 3 aromatic rings. The summed E-state index contributed by atoms with van der Waals surface area (Å²) in [6.45, 7) is 2.10. The van der Waals surface area contributed by atoms with Gasteiger partial charge in [0.2, 0.25) is 0 Å². The van der Waals surface area contributed by atoms with Crippen LogP contribution in [0.4, 0.5) is 5.69 Å². The number of hydrogen-bond acceptors (Lipinski definition) is 3. The summed E-state index contributed by atoms with van der Waals surface area (Å²) < 4.78 is 0. The molecule has 3 heteroatoms. The smallest absolute Gasteiger partial charge is 0.116 e. The molecular formula is C25H21N3. The molecule has 0 N–H and O–H groups in total. The lowest BCUT2D eigenvalue weighted by molar-refractivity contribution is 0.851. The molecule has 2 aliphatic heterocycles. The van der Waals surface area contributed by atoms with Gasteiger partial charge in [0.25, 0.3) is 0 Å². The highest BCUT2D eigenvalue weighted by Gasteiger charge is 2.30. The van der Waals surface area contributed by atoms with Crippen LogP contribution in [0, 0.1) is 6.92 Å². The van der Waals surface area contributed by atoms with Gasteiger partial charge in [-0.25, -0.2) is 0 Å². The van der Waals surface area contributed by atoms with Crippen LogP contribution in [0.3, 0.4) is 0 Å². The van der Waals surface area contributed by atoms with E-state index in [1.807, 2.05) is 6.07 Å². The maximum Gasteiger partial charge on any atom is 0.116 e. The highest BCUT2D eigenvalue weighted by Crippen LogP contribution is 2.42. The zero-order chi connectivity index (χ0) is 18.9. The molecular weight excluding hydrogens is 342 g/mol. The molecule has 3 aromatic carbocycles. The molecule has 0 amide bonds. The molecule has 5 rings (SSSR count). The van der Waals surface area contributed by atoms with E-state index >= 15 is 0 Å². The third kappa shape index (κ3) is 3.09. The summed E-state index contributed by atoms with van der Waals surface area (Å²) in [6, 6.07) is 27.4. The van der Waals surface area contributed by atoms with Gasteiger partial charge in [0.15, 0.2) is 0 Å². The molecule has 0 radical (unpaired) electrons. The standard InChI is InChI=1S/C25H21N3/c1-17-11-13-18(14-12-17)24-16-20(27-28-24)15-22-21-9-5-6-10-23(21)26-25(22)19-7-3-2-4-8-19/h2-14,16,22,24H,15H2,1H3. The van der Waals surface area contributed by atoms with Gasteiger partial charge in [-0.3, -0.25) is 4.99 Å². The predicted octanol–water partition coefficient (Wildman–Crippen LogP) is 6.69. The second-order valence-corrected chi connectivity index (χ2v) is 7.41. The molecule has 0 bridgehead atoms. The van der Waals surface area contributed by atoms with Gasteiger partial charge in [-0.2, -0.15) is 10.2 Å². The average molecular weight is 363 g/mol. The minimum Gasteiger partial charge on any atom is -0.252 e. The Balaban J connectivity index is 1.45. The van der Waals surface area contributed by atoms with Crippen LogP contribution in [0.1, 0.15) is 40.6 Å². The largest absolute Gasteiger partial charge is 0.252 e. The number of hydrogen-bond donors (Lipinski definition) is 0. The lowest BCUT2D eigenvalue weighted by Gasteiger charge is -2.14. The van der Waals surface area contributed by atoms with Gasteiger partial charge in [-0.05, 0) is 35.8 Å². The number of fused-ring (bicyclic) bond motifs is 1. The first-order chi connectivity index (χ1) is 13.8. The van der Waals surface area contributed by atoms with E-state index in [0.29, 0.717) is 0 Å². The fourth-order valence-corrected chi connectivity index (χ4v) is 3.95. The quantitative estimate of drug-likeness (QED) is 0.495. The maximum absolute atomic E-state index is 4.95. The van der Waals surface area contributed by atoms with Crippen LogP contribution in [0.25, 0.3) is 0 Å². The van der Waals surface area contributed by atoms with Crippen LogP contribution in [-0.2, 0) is 0 Å². The second-order valence-electron chi connectivity index (χ2n) is 7.41. The monoisotopic (exact) mass is 363 g/mol. The number of benzene rings is 3. The second kappa shape index (κ2) is 7.01. The van der Waals surface area contributed by atoms with Gasteiger partial charge in [0.1, 0.15) is 6.04 Å². The first-order valence-corrected chi connectivity index (χ1v) is 9.69. The van der Waals surface area contributed by atoms with Gasteiger partial charge in [-0.15, -0.1) is 0 Å². The molecule has 0 fully saturated rings. The average Bonchev–Trinajstić information content (AvgIpc) is 3.35. The third-order valence-electron chi connectivity index (χ3n) is 5.45. The molecule has 3 nitrogen and oxygen atoms in total. The molecule has 2 heterocycles. The molecule has 0 aromatic heterocycles. The number of azo groups is 1. The third-order valence-corrected chi connectivity index (χ3v) is 5.45. The SMILES string of the molecule is Cc1ccc(C2C=C(CC3C(c4ccccc4)=Nc4ccccc43)N=N2)cc1. The van der Waals surface area contributed by atoms with E-state index in [1.54, 1.807) is 0 Å². The Kier molecular flexibility index (Phi) is 4.21. The predicted molar refractivity (Wildman–Crippen MR) is 113 cm³/mol. The normalized spacial score (nSPS) is 20.0. The van der Waals surface area contributed by atoms with Crippen LogP contribution < -0.4 is 0 Å². The molecule has 0 saturated carbocycles. The Morgan fingerprint density at radius 1 is 0.821 bits per heavy atom. The summed E-state index contributed by atoms with van der Waals surface area (Å²) in [7, 11) is 0. The molecule has 0 aliphatic carbocycles. The lowest BCUT2D eigenvalue weighted by Crippen LogP contribution is -2.10.